The number of fused-ring (bicyclic) bond motifs is 1. The minimum Gasteiger partial charge on any atom is -0.372 e. The van der Waals surface area contributed by atoms with Crippen molar-refractivity contribution in [3.8, 4) is 6.07 Å². The summed E-state index contributed by atoms with van der Waals surface area (Å²) in [6.45, 7) is 4.92. The summed E-state index contributed by atoms with van der Waals surface area (Å²) in [6.07, 6.45) is -0.148. The third kappa shape index (κ3) is 4.22. The number of aromatic nitrogens is 2. The van der Waals surface area contributed by atoms with Gasteiger partial charge in [-0.3, -0.25) is 0 Å². The molecular weight excluding hydrogens is 436 g/mol. The van der Waals surface area contributed by atoms with E-state index in [1.807, 2.05) is 36.9 Å². The fourth-order valence-electron chi connectivity index (χ4n) is 3.82. The standard InChI is InChI=1S/C22H21ClN4O3S/c1-14-12-27(13-15(2)30-14)22-21(25-18-8-3-4-9-19(18)26-22)20(11-24)31(28,29)17-7-5-6-16(23)10-17/h3-10,14-15,20H,12-13H2,1-2H3/t14-,15+,20-/m1/s1. The topological polar surface area (TPSA) is 96.2 Å². The summed E-state index contributed by atoms with van der Waals surface area (Å²) in [6, 6.07) is 15.1. The summed E-state index contributed by atoms with van der Waals surface area (Å²) in [5.41, 5.74) is 1.27. The molecule has 1 aromatic heterocycles. The molecule has 0 unspecified atom stereocenters. The number of nitriles is 1. The van der Waals surface area contributed by atoms with Gasteiger partial charge in [0.15, 0.2) is 11.1 Å². The van der Waals surface area contributed by atoms with E-state index in [0.29, 0.717) is 29.9 Å². The lowest BCUT2D eigenvalue weighted by atomic mass is 10.2. The van der Waals surface area contributed by atoms with Crippen LogP contribution < -0.4 is 4.90 Å². The zero-order chi connectivity index (χ0) is 22.2. The van der Waals surface area contributed by atoms with Crippen LogP contribution in [0.25, 0.3) is 11.0 Å². The molecule has 1 aliphatic heterocycles. The summed E-state index contributed by atoms with van der Waals surface area (Å²) >= 11 is 6.01. The van der Waals surface area contributed by atoms with Gasteiger partial charge in [-0.1, -0.05) is 29.8 Å². The average Bonchev–Trinajstić information content (AvgIpc) is 2.73. The number of rotatable bonds is 4. The normalized spacial score (nSPS) is 20.4. The van der Waals surface area contributed by atoms with E-state index in [0.717, 1.165) is 0 Å². The van der Waals surface area contributed by atoms with Crippen molar-refractivity contribution >= 4 is 38.3 Å². The molecule has 0 amide bonds. The van der Waals surface area contributed by atoms with Crippen LogP contribution in [0.4, 0.5) is 5.82 Å². The highest BCUT2D eigenvalue weighted by atomic mass is 35.5. The first kappa shape index (κ1) is 21.5. The van der Waals surface area contributed by atoms with E-state index in [4.69, 9.17) is 21.3 Å². The predicted molar refractivity (Wildman–Crippen MR) is 119 cm³/mol. The van der Waals surface area contributed by atoms with Crippen LogP contribution in [-0.4, -0.2) is 43.7 Å². The van der Waals surface area contributed by atoms with Crippen molar-refractivity contribution in [2.24, 2.45) is 0 Å². The number of ether oxygens (including phenoxy) is 1. The van der Waals surface area contributed by atoms with Gasteiger partial charge in [0.05, 0.1) is 34.2 Å². The van der Waals surface area contributed by atoms with Gasteiger partial charge in [0, 0.05) is 18.1 Å². The molecule has 0 radical (unpaired) electrons. The Balaban J connectivity index is 1.91. The Morgan fingerprint density at radius 3 is 2.35 bits per heavy atom. The van der Waals surface area contributed by atoms with E-state index in [-0.39, 0.29) is 27.8 Å². The molecule has 2 heterocycles. The number of hydrogen-bond acceptors (Lipinski definition) is 7. The van der Waals surface area contributed by atoms with Crippen molar-refractivity contribution < 1.29 is 13.2 Å². The van der Waals surface area contributed by atoms with Gasteiger partial charge in [-0.2, -0.15) is 5.26 Å². The van der Waals surface area contributed by atoms with E-state index < -0.39 is 15.1 Å². The monoisotopic (exact) mass is 456 g/mol. The quantitative estimate of drug-likeness (QED) is 0.586. The Morgan fingerprint density at radius 2 is 1.74 bits per heavy atom. The van der Waals surface area contributed by atoms with Crippen molar-refractivity contribution in [1.82, 2.24) is 9.97 Å². The van der Waals surface area contributed by atoms with Gasteiger partial charge in [0.25, 0.3) is 0 Å². The molecule has 0 saturated carbocycles. The number of benzene rings is 2. The maximum absolute atomic E-state index is 13.4. The van der Waals surface area contributed by atoms with E-state index in [9.17, 15) is 13.7 Å². The zero-order valence-corrected chi connectivity index (χ0v) is 18.6. The molecule has 31 heavy (non-hydrogen) atoms. The number of nitrogens with zero attached hydrogens (tertiary/aromatic N) is 4. The smallest absolute Gasteiger partial charge is 0.200 e. The van der Waals surface area contributed by atoms with Gasteiger partial charge in [-0.25, -0.2) is 18.4 Å². The first-order chi connectivity index (χ1) is 14.8. The van der Waals surface area contributed by atoms with Crippen molar-refractivity contribution in [2.75, 3.05) is 18.0 Å². The highest BCUT2D eigenvalue weighted by Crippen LogP contribution is 2.35. The first-order valence-corrected chi connectivity index (χ1v) is 11.8. The first-order valence-electron chi connectivity index (χ1n) is 9.85. The average molecular weight is 457 g/mol. The summed E-state index contributed by atoms with van der Waals surface area (Å²) in [7, 11) is -4.09. The number of hydrogen-bond donors (Lipinski definition) is 0. The molecule has 0 aliphatic carbocycles. The van der Waals surface area contributed by atoms with Crippen molar-refractivity contribution in [1.29, 1.82) is 5.26 Å². The van der Waals surface area contributed by atoms with E-state index in [1.54, 1.807) is 24.3 Å². The van der Waals surface area contributed by atoms with Gasteiger partial charge in [-0.15, -0.1) is 0 Å². The second kappa shape index (κ2) is 8.42. The molecule has 2 aromatic carbocycles. The second-order valence-corrected chi connectivity index (χ2v) is 10.1. The molecule has 0 spiro atoms. The van der Waals surface area contributed by atoms with Crippen LogP contribution in [-0.2, 0) is 14.6 Å². The van der Waals surface area contributed by atoms with Crippen LogP contribution in [0.15, 0.2) is 53.4 Å². The fraction of sp³-hybridized carbons (Fsp3) is 0.318. The lowest BCUT2D eigenvalue weighted by Gasteiger charge is -2.37. The van der Waals surface area contributed by atoms with Gasteiger partial charge < -0.3 is 9.64 Å². The van der Waals surface area contributed by atoms with Crippen molar-refractivity contribution in [3.05, 3.63) is 59.2 Å². The summed E-state index contributed by atoms with van der Waals surface area (Å²) < 4.78 is 32.7. The number of halogens is 1. The SMILES string of the molecule is C[C@@H]1CN(c2nc3ccccc3nc2[C@@H](C#N)S(=O)(=O)c2cccc(Cl)c2)C[C@H](C)O1. The molecule has 160 valence electrons. The Kier molecular flexibility index (Phi) is 5.84. The molecule has 1 fully saturated rings. The summed E-state index contributed by atoms with van der Waals surface area (Å²) in [5.74, 6) is 0.387. The number of morpholine rings is 1. The summed E-state index contributed by atoms with van der Waals surface area (Å²) in [4.78, 5) is 11.3. The minimum absolute atomic E-state index is 0.0313. The van der Waals surface area contributed by atoms with Crippen LogP contribution in [0.2, 0.25) is 5.02 Å². The van der Waals surface area contributed by atoms with Gasteiger partial charge in [-0.05, 0) is 44.2 Å². The van der Waals surface area contributed by atoms with Gasteiger partial charge in [0.2, 0.25) is 9.84 Å². The maximum atomic E-state index is 13.4. The molecule has 7 nitrogen and oxygen atoms in total. The number of anilines is 1. The van der Waals surface area contributed by atoms with E-state index >= 15 is 0 Å². The van der Waals surface area contributed by atoms with Crippen molar-refractivity contribution in [2.45, 2.75) is 36.2 Å². The fourth-order valence-corrected chi connectivity index (χ4v) is 5.50. The lowest BCUT2D eigenvalue weighted by Crippen LogP contribution is -2.46. The molecular formula is C22H21ClN4O3S. The number of para-hydroxylation sites is 2. The Labute approximate surface area is 186 Å². The molecule has 3 atom stereocenters. The van der Waals surface area contributed by atoms with Crippen LogP contribution in [0.3, 0.4) is 0 Å². The minimum atomic E-state index is -4.09. The van der Waals surface area contributed by atoms with E-state index in [1.165, 1.54) is 12.1 Å². The van der Waals surface area contributed by atoms with Gasteiger partial charge in [0.1, 0.15) is 5.69 Å². The lowest BCUT2D eigenvalue weighted by molar-refractivity contribution is -0.00550. The zero-order valence-electron chi connectivity index (χ0n) is 17.1. The summed E-state index contributed by atoms with van der Waals surface area (Å²) in [5, 5.41) is 8.71. The highest BCUT2D eigenvalue weighted by Gasteiger charge is 2.36. The van der Waals surface area contributed by atoms with E-state index in [2.05, 4.69) is 4.98 Å². The van der Waals surface area contributed by atoms with Crippen LogP contribution in [0.1, 0.15) is 24.8 Å². The second-order valence-electron chi connectivity index (χ2n) is 7.59. The third-order valence-corrected chi connectivity index (χ3v) is 7.19. The Bertz CT molecular complexity index is 1270. The van der Waals surface area contributed by atoms with Crippen LogP contribution >= 0.6 is 11.6 Å². The predicted octanol–water partition coefficient (Wildman–Crippen LogP) is 3.94. The van der Waals surface area contributed by atoms with Crippen LogP contribution in [0.5, 0.6) is 0 Å². The maximum Gasteiger partial charge on any atom is 0.200 e. The Morgan fingerprint density at radius 1 is 1.10 bits per heavy atom. The number of sulfone groups is 1. The molecule has 3 aromatic rings. The third-order valence-electron chi connectivity index (χ3n) is 5.10. The highest BCUT2D eigenvalue weighted by molar-refractivity contribution is 7.92. The molecule has 0 bridgehead atoms. The largest absolute Gasteiger partial charge is 0.372 e. The molecule has 9 heteroatoms. The molecule has 1 saturated heterocycles. The van der Waals surface area contributed by atoms with Crippen molar-refractivity contribution in [3.63, 3.8) is 0 Å². The molecule has 4 rings (SSSR count). The molecule has 1 aliphatic rings. The van der Waals surface area contributed by atoms with Gasteiger partial charge >= 0.3 is 0 Å². The van der Waals surface area contributed by atoms with Crippen LogP contribution in [0, 0.1) is 11.3 Å². The Hall–Kier alpha value is -2.73. The molecule has 0 N–H and O–H groups in total.